The molecular weight excluding hydrogens is 279 g/mol. The minimum atomic E-state index is -3.65. The summed E-state index contributed by atoms with van der Waals surface area (Å²) in [7, 11) is -3.65. The first-order valence-corrected chi connectivity index (χ1v) is 7.99. The summed E-state index contributed by atoms with van der Waals surface area (Å²) in [5.41, 5.74) is 5.35. The van der Waals surface area contributed by atoms with E-state index in [1.54, 1.807) is 0 Å². The lowest BCUT2D eigenvalue weighted by Gasteiger charge is -2.07. The van der Waals surface area contributed by atoms with E-state index in [0.29, 0.717) is 12.5 Å². The summed E-state index contributed by atoms with van der Waals surface area (Å²) in [5.74, 6) is 5.07. The molecule has 1 saturated carbocycles. The monoisotopic (exact) mass is 296 g/mol. The third-order valence-corrected chi connectivity index (χ3v) is 4.58. The highest BCUT2D eigenvalue weighted by Crippen LogP contribution is 2.31. The molecule has 0 radical (unpaired) electrons. The van der Waals surface area contributed by atoms with Gasteiger partial charge in [0.05, 0.1) is 17.0 Å². The molecule has 20 heavy (non-hydrogen) atoms. The van der Waals surface area contributed by atoms with Crippen LogP contribution in [0.15, 0.2) is 23.1 Å². The van der Waals surface area contributed by atoms with Gasteiger partial charge in [-0.3, -0.25) is 0 Å². The smallest absolute Gasteiger partial charge is 0.240 e. The fraction of sp³-hybridized carbons (Fsp3) is 0.429. The summed E-state index contributed by atoms with van der Waals surface area (Å²) in [5, 5.41) is 0. The number of benzene rings is 1. The zero-order chi connectivity index (χ0) is 14.6. The topological polar surface area (TPSA) is 72.2 Å². The van der Waals surface area contributed by atoms with E-state index in [-0.39, 0.29) is 17.0 Å². The summed E-state index contributed by atoms with van der Waals surface area (Å²) in [6, 6.07) is 3.69. The van der Waals surface area contributed by atoms with Gasteiger partial charge >= 0.3 is 0 Å². The number of nitrogens with two attached hydrogens (primary N) is 1. The van der Waals surface area contributed by atoms with Gasteiger partial charge in [0.25, 0.3) is 0 Å². The SMILES string of the molecule is NCC#Cc1ccc(S(=O)(=O)NCCC2CC2)cc1F. The van der Waals surface area contributed by atoms with Crippen LogP contribution in [0.4, 0.5) is 4.39 Å². The summed E-state index contributed by atoms with van der Waals surface area (Å²) in [6.07, 6.45) is 3.18. The normalized spacial score (nSPS) is 14.7. The molecule has 1 aliphatic rings. The standard InChI is InChI=1S/C14H17FN2O2S/c15-14-10-13(6-5-12(14)2-1-8-16)20(18,19)17-9-7-11-3-4-11/h5-6,10-11,17H,3-4,7-9,16H2. The third kappa shape index (κ3) is 4.04. The Labute approximate surface area is 118 Å². The lowest BCUT2D eigenvalue weighted by molar-refractivity contribution is 0.571. The molecule has 0 heterocycles. The molecule has 0 amide bonds. The molecule has 0 bridgehead atoms. The first-order valence-electron chi connectivity index (χ1n) is 6.51. The van der Waals surface area contributed by atoms with Crippen molar-refractivity contribution in [3.8, 4) is 11.8 Å². The first kappa shape index (κ1) is 15.0. The molecule has 2 rings (SSSR count). The van der Waals surface area contributed by atoms with Crippen molar-refractivity contribution in [2.75, 3.05) is 13.1 Å². The van der Waals surface area contributed by atoms with Crippen molar-refractivity contribution in [1.29, 1.82) is 0 Å². The molecule has 0 atom stereocenters. The van der Waals surface area contributed by atoms with Crippen LogP contribution in [0.2, 0.25) is 0 Å². The first-order chi connectivity index (χ1) is 9.53. The van der Waals surface area contributed by atoms with Crippen LogP contribution in [-0.2, 0) is 10.0 Å². The van der Waals surface area contributed by atoms with Gasteiger partial charge in [-0.15, -0.1) is 0 Å². The number of hydrogen-bond donors (Lipinski definition) is 2. The van der Waals surface area contributed by atoms with Gasteiger partial charge in [-0.2, -0.15) is 0 Å². The summed E-state index contributed by atoms with van der Waals surface area (Å²) >= 11 is 0. The Hall–Kier alpha value is -1.42. The molecule has 0 aromatic heterocycles. The number of nitrogens with one attached hydrogen (secondary N) is 1. The number of rotatable bonds is 5. The van der Waals surface area contributed by atoms with E-state index < -0.39 is 15.8 Å². The van der Waals surface area contributed by atoms with Crippen molar-refractivity contribution in [3.63, 3.8) is 0 Å². The molecule has 0 spiro atoms. The predicted octanol–water partition coefficient (Wildman–Crippen LogP) is 1.21. The molecule has 1 aromatic carbocycles. The van der Waals surface area contributed by atoms with Gasteiger partial charge < -0.3 is 5.73 Å². The van der Waals surface area contributed by atoms with Gasteiger partial charge in [-0.25, -0.2) is 17.5 Å². The van der Waals surface area contributed by atoms with Gasteiger partial charge in [0, 0.05) is 6.54 Å². The predicted molar refractivity (Wildman–Crippen MR) is 74.9 cm³/mol. The van der Waals surface area contributed by atoms with E-state index in [1.165, 1.54) is 25.0 Å². The van der Waals surface area contributed by atoms with Gasteiger partial charge in [-0.05, 0) is 30.5 Å². The molecule has 1 aliphatic carbocycles. The van der Waals surface area contributed by atoms with Gasteiger partial charge in [0.15, 0.2) is 0 Å². The molecule has 3 N–H and O–H groups in total. The summed E-state index contributed by atoms with van der Waals surface area (Å²) < 4.78 is 40.2. The van der Waals surface area contributed by atoms with Crippen molar-refractivity contribution >= 4 is 10.0 Å². The number of hydrogen-bond acceptors (Lipinski definition) is 3. The fourth-order valence-electron chi connectivity index (χ4n) is 1.80. The highest BCUT2D eigenvalue weighted by atomic mass is 32.2. The van der Waals surface area contributed by atoms with Crippen molar-refractivity contribution in [2.24, 2.45) is 11.7 Å². The van der Waals surface area contributed by atoms with Crippen LogP contribution < -0.4 is 10.5 Å². The Morgan fingerprint density at radius 3 is 2.75 bits per heavy atom. The molecule has 4 nitrogen and oxygen atoms in total. The largest absolute Gasteiger partial charge is 0.320 e. The average molecular weight is 296 g/mol. The van der Waals surface area contributed by atoms with E-state index >= 15 is 0 Å². The molecule has 108 valence electrons. The molecule has 1 aromatic rings. The van der Waals surface area contributed by atoms with Crippen molar-refractivity contribution in [2.45, 2.75) is 24.2 Å². The zero-order valence-corrected chi connectivity index (χ0v) is 11.8. The van der Waals surface area contributed by atoms with Crippen LogP contribution in [0.3, 0.4) is 0 Å². The van der Waals surface area contributed by atoms with E-state index in [9.17, 15) is 12.8 Å². The second kappa shape index (κ2) is 6.35. The van der Waals surface area contributed by atoms with Crippen LogP contribution in [0.25, 0.3) is 0 Å². The molecule has 0 saturated heterocycles. The molecule has 6 heteroatoms. The molecule has 1 fully saturated rings. The molecule has 0 unspecified atom stereocenters. The van der Waals surface area contributed by atoms with Crippen LogP contribution >= 0.6 is 0 Å². The minimum absolute atomic E-state index is 0.0795. The van der Waals surface area contributed by atoms with E-state index in [1.807, 2.05) is 0 Å². The lowest BCUT2D eigenvalue weighted by atomic mass is 10.2. The van der Waals surface area contributed by atoms with Gasteiger partial charge in [0.2, 0.25) is 10.0 Å². The number of sulfonamides is 1. The van der Waals surface area contributed by atoms with E-state index in [2.05, 4.69) is 16.6 Å². The summed E-state index contributed by atoms with van der Waals surface area (Å²) in [6.45, 7) is 0.519. The quantitative estimate of drug-likeness (QED) is 0.802. The Bertz CT molecular complexity index is 643. The third-order valence-electron chi connectivity index (χ3n) is 3.12. The van der Waals surface area contributed by atoms with Crippen LogP contribution in [-0.4, -0.2) is 21.5 Å². The second-order valence-corrected chi connectivity index (χ2v) is 6.54. The molecular formula is C14H17FN2O2S. The maximum atomic E-state index is 13.7. The minimum Gasteiger partial charge on any atom is -0.320 e. The Kier molecular flexibility index (Phi) is 4.76. The number of halogens is 1. The Morgan fingerprint density at radius 1 is 1.40 bits per heavy atom. The average Bonchev–Trinajstić information content (AvgIpc) is 3.21. The van der Waals surface area contributed by atoms with Gasteiger partial charge in [0.1, 0.15) is 5.82 Å². The Morgan fingerprint density at radius 2 is 2.15 bits per heavy atom. The molecule has 0 aliphatic heterocycles. The highest BCUT2D eigenvalue weighted by molar-refractivity contribution is 7.89. The van der Waals surface area contributed by atoms with Gasteiger partial charge in [-0.1, -0.05) is 24.7 Å². The van der Waals surface area contributed by atoms with E-state index in [0.717, 1.165) is 12.5 Å². The summed E-state index contributed by atoms with van der Waals surface area (Å²) in [4.78, 5) is -0.0795. The second-order valence-electron chi connectivity index (χ2n) is 4.78. The fourth-order valence-corrected chi connectivity index (χ4v) is 2.86. The highest BCUT2D eigenvalue weighted by Gasteiger charge is 2.22. The van der Waals surface area contributed by atoms with E-state index in [4.69, 9.17) is 5.73 Å². The van der Waals surface area contributed by atoms with Crippen LogP contribution in [0.1, 0.15) is 24.8 Å². The van der Waals surface area contributed by atoms with Crippen molar-refractivity contribution < 1.29 is 12.8 Å². The van der Waals surface area contributed by atoms with Crippen LogP contribution in [0, 0.1) is 23.6 Å². The van der Waals surface area contributed by atoms with Crippen molar-refractivity contribution in [1.82, 2.24) is 4.72 Å². The van der Waals surface area contributed by atoms with Crippen molar-refractivity contribution in [3.05, 3.63) is 29.6 Å². The maximum Gasteiger partial charge on any atom is 0.240 e. The maximum absolute atomic E-state index is 13.7. The zero-order valence-electron chi connectivity index (χ0n) is 11.0. The lowest BCUT2D eigenvalue weighted by Crippen LogP contribution is -2.25. The Balaban J connectivity index is 2.08. The van der Waals surface area contributed by atoms with Crippen LogP contribution in [0.5, 0.6) is 0 Å².